The summed E-state index contributed by atoms with van der Waals surface area (Å²) in [5.41, 5.74) is 4.62. The van der Waals surface area contributed by atoms with Crippen LogP contribution in [0.1, 0.15) is 22.4 Å². The summed E-state index contributed by atoms with van der Waals surface area (Å²) in [4.78, 5) is 4.42. The van der Waals surface area contributed by atoms with Crippen LogP contribution in [0.2, 0.25) is 5.02 Å². The smallest absolute Gasteiger partial charge is 0.306 e. The monoisotopic (exact) mass is 470 g/mol. The molecule has 0 aliphatic carbocycles. The van der Waals surface area contributed by atoms with E-state index >= 15 is 0 Å². The molecule has 2 aromatic carbocycles. The number of pyridine rings is 1. The summed E-state index contributed by atoms with van der Waals surface area (Å²) in [6.45, 7) is 4.81. The van der Waals surface area contributed by atoms with Crippen molar-refractivity contribution in [1.82, 2.24) is 9.55 Å². The second-order valence-electron chi connectivity index (χ2n) is 7.64. The molecule has 0 aliphatic rings. The van der Waals surface area contributed by atoms with Crippen molar-refractivity contribution in [2.24, 2.45) is 0 Å². The Kier molecular flexibility index (Phi) is 6.13. The van der Waals surface area contributed by atoms with E-state index in [1.54, 1.807) is 12.1 Å². The summed E-state index contributed by atoms with van der Waals surface area (Å²) in [5, 5.41) is 1.32. The van der Waals surface area contributed by atoms with Crippen LogP contribution in [0.15, 0.2) is 60.8 Å². The van der Waals surface area contributed by atoms with Gasteiger partial charge in [-0.05, 0) is 42.7 Å². The van der Waals surface area contributed by atoms with Crippen molar-refractivity contribution < 1.29 is 17.3 Å². The molecular weight excluding hydrogens is 448 g/mol. The number of hydrogen-bond acceptors (Lipinski definition) is 5. The molecule has 2 heterocycles. The first-order chi connectivity index (χ1) is 15.2. The van der Waals surface area contributed by atoms with E-state index < -0.39 is 10.1 Å². The van der Waals surface area contributed by atoms with Crippen LogP contribution in [0.3, 0.4) is 0 Å². The van der Waals surface area contributed by atoms with Crippen molar-refractivity contribution >= 4 is 32.6 Å². The van der Waals surface area contributed by atoms with Crippen LogP contribution in [-0.4, -0.2) is 24.2 Å². The zero-order chi connectivity index (χ0) is 22.9. The quantitative estimate of drug-likeness (QED) is 0.344. The Hall–Kier alpha value is -3.03. The SMILES string of the molecule is Cc1c(C)n(Cc2ccccc2)c2c(OCc3ccc(Cl)cc3)ncc(OS(C)(=O)=O)c12. The topological polar surface area (TPSA) is 70.4 Å². The first-order valence-corrected chi connectivity index (χ1v) is 12.2. The Morgan fingerprint density at radius 1 is 1.00 bits per heavy atom. The van der Waals surface area contributed by atoms with Crippen molar-refractivity contribution in [3.63, 3.8) is 0 Å². The van der Waals surface area contributed by atoms with Gasteiger partial charge in [-0.25, -0.2) is 4.98 Å². The van der Waals surface area contributed by atoms with Crippen LogP contribution in [0, 0.1) is 13.8 Å². The van der Waals surface area contributed by atoms with Crippen LogP contribution in [0.4, 0.5) is 0 Å². The molecule has 6 nitrogen and oxygen atoms in total. The summed E-state index contributed by atoms with van der Waals surface area (Å²) in [7, 11) is -3.72. The van der Waals surface area contributed by atoms with Gasteiger partial charge in [-0.3, -0.25) is 0 Å². The lowest BCUT2D eigenvalue weighted by Crippen LogP contribution is -2.08. The molecule has 4 rings (SSSR count). The second-order valence-corrected chi connectivity index (χ2v) is 9.65. The lowest BCUT2D eigenvalue weighted by Gasteiger charge is -2.13. The molecule has 0 bridgehead atoms. The largest absolute Gasteiger partial charge is 0.471 e. The highest BCUT2D eigenvalue weighted by Crippen LogP contribution is 2.38. The van der Waals surface area contributed by atoms with Gasteiger partial charge < -0.3 is 13.5 Å². The summed E-state index contributed by atoms with van der Waals surface area (Å²) in [6.07, 6.45) is 2.42. The van der Waals surface area contributed by atoms with Crippen molar-refractivity contribution in [2.45, 2.75) is 27.0 Å². The number of hydrogen-bond donors (Lipinski definition) is 0. The van der Waals surface area contributed by atoms with E-state index in [1.807, 2.05) is 56.3 Å². The molecule has 0 unspecified atom stereocenters. The summed E-state index contributed by atoms with van der Waals surface area (Å²) >= 11 is 5.98. The van der Waals surface area contributed by atoms with Crippen LogP contribution in [0.25, 0.3) is 10.9 Å². The van der Waals surface area contributed by atoms with Gasteiger partial charge in [0.1, 0.15) is 12.1 Å². The number of halogens is 1. The highest BCUT2D eigenvalue weighted by molar-refractivity contribution is 7.86. The van der Waals surface area contributed by atoms with Gasteiger partial charge in [-0.15, -0.1) is 0 Å². The summed E-state index contributed by atoms with van der Waals surface area (Å²) in [5.74, 6) is 0.594. The van der Waals surface area contributed by atoms with E-state index in [-0.39, 0.29) is 5.75 Å². The molecule has 0 N–H and O–H groups in total. The molecule has 0 atom stereocenters. The Balaban J connectivity index is 1.84. The zero-order valence-corrected chi connectivity index (χ0v) is 19.6. The molecule has 0 aliphatic heterocycles. The number of aryl methyl sites for hydroxylation is 1. The maximum absolute atomic E-state index is 11.9. The van der Waals surface area contributed by atoms with Crippen LogP contribution in [-0.2, 0) is 23.3 Å². The first kappa shape index (κ1) is 22.2. The van der Waals surface area contributed by atoms with E-state index in [1.165, 1.54) is 6.20 Å². The highest BCUT2D eigenvalue weighted by atomic mass is 35.5. The van der Waals surface area contributed by atoms with Gasteiger partial charge >= 0.3 is 10.1 Å². The van der Waals surface area contributed by atoms with Crippen LogP contribution in [0.5, 0.6) is 11.6 Å². The Morgan fingerprint density at radius 3 is 2.34 bits per heavy atom. The minimum Gasteiger partial charge on any atom is -0.471 e. The predicted octanol–water partition coefficient (Wildman–Crippen LogP) is 5.27. The van der Waals surface area contributed by atoms with E-state index in [4.69, 9.17) is 20.5 Å². The molecule has 8 heteroatoms. The molecule has 0 saturated carbocycles. The van der Waals surface area contributed by atoms with Gasteiger partial charge in [0.05, 0.1) is 17.8 Å². The maximum Gasteiger partial charge on any atom is 0.306 e. The molecule has 0 amide bonds. The third kappa shape index (κ3) is 4.74. The van der Waals surface area contributed by atoms with E-state index in [0.29, 0.717) is 35.0 Å². The van der Waals surface area contributed by atoms with E-state index in [0.717, 1.165) is 28.6 Å². The fraction of sp³-hybridized carbons (Fsp3) is 0.208. The van der Waals surface area contributed by atoms with E-state index in [9.17, 15) is 8.42 Å². The lowest BCUT2D eigenvalue weighted by molar-refractivity contribution is 0.296. The molecule has 32 heavy (non-hydrogen) atoms. The van der Waals surface area contributed by atoms with Crippen LogP contribution < -0.4 is 8.92 Å². The third-order valence-electron chi connectivity index (χ3n) is 5.29. The number of rotatable bonds is 7. The lowest BCUT2D eigenvalue weighted by atomic mass is 10.2. The van der Waals surface area contributed by atoms with Crippen molar-refractivity contribution in [2.75, 3.05) is 6.26 Å². The standard InChI is InChI=1S/C24H23ClN2O4S/c1-16-17(2)27(14-18-7-5-4-6-8-18)23-22(16)21(31-32(3,28)29)13-26-24(23)30-15-19-9-11-20(25)12-10-19/h4-13H,14-15H2,1-3H3. The van der Waals surface area contributed by atoms with Gasteiger partial charge in [0.2, 0.25) is 5.88 Å². The average Bonchev–Trinajstić information content (AvgIpc) is 3.00. The summed E-state index contributed by atoms with van der Waals surface area (Å²) in [6, 6.07) is 17.4. The van der Waals surface area contributed by atoms with Crippen molar-refractivity contribution in [3.8, 4) is 11.6 Å². The Bertz CT molecular complexity index is 1370. The molecule has 2 aromatic heterocycles. The third-order valence-corrected chi connectivity index (χ3v) is 6.03. The molecular formula is C24H23ClN2O4S. The maximum atomic E-state index is 11.9. The fourth-order valence-corrected chi connectivity index (χ4v) is 4.24. The van der Waals surface area contributed by atoms with Crippen molar-refractivity contribution in [1.29, 1.82) is 0 Å². The number of fused-ring (bicyclic) bond motifs is 1. The second kappa shape index (κ2) is 8.84. The van der Waals surface area contributed by atoms with E-state index in [2.05, 4.69) is 9.55 Å². The molecule has 0 spiro atoms. The van der Waals surface area contributed by atoms with Gasteiger partial charge in [0.25, 0.3) is 0 Å². The number of benzene rings is 2. The van der Waals surface area contributed by atoms with Gasteiger partial charge in [0.15, 0.2) is 5.75 Å². The number of aromatic nitrogens is 2. The minimum atomic E-state index is -3.72. The zero-order valence-electron chi connectivity index (χ0n) is 18.0. The molecule has 0 fully saturated rings. The number of ether oxygens (including phenoxy) is 1. The number of nitrogens with zero attached hydrogens (tertiary/aromatic N) is 2. The average molecular weight is 471 g/mol. The van der Waals surface area contributed by atoms with Gasteiger partial charge in [0, 0.05) is 17.3 Å². The highest BCUT2D eigenvalue weighted by Gasteiger charge is 2.22. The van der Waals surface area contributed by atoms with Crippen LogP contribution >= 0.6 is 11.6 Å². The first-order valence-electron chi connectivity index (χ1n) is 10.0. The Labute approximate surface area is 192 Å². The van der Waals surface area contributed by atoms with Gasteiger partial charge in [-0.2, -0.15) is 8.42 Å². The normalized spacial score (nSPS) is 11.6. The molecule has 4 aromatic rings. The van der Waals surface area contributed by atoms with Crippen molar-refractivity contribution in [3.05, 3.63) is 88.2 Å². The summed E-state index contributed by atoms with van der Waals surface area (Å²) < 4.78 is 37.2. The fourth-order valence-electron chi connectivity index (χ4n) is 3.66. The molecule has 0 saturated heterocycles. The molecule has 0 radical (unpaired) electrons. The molecule has 166 valence electrons. The Morgan fingerprint density at radius 2 is 1.69 bits per heavy atom. The minimum absolute atomic E-state index is 0.189. The van der Waals surface area contributed by atoms with Gasteiger partial charge in [-0.1, -0.05) is 54.1 Å². The predicted molar refractivity (Wildman–Crippen MR) is 126 cm³/mol.